The number of hydrogen-bond acceptors (Lipinski definition) is 0. The smallest absolute Gasteiger partial charge is 0.201 e. The van der Waals surface area contributed by atoms with Gasteiger partial charge in [-0.05, 0) is 48.1 Å². The van der Waals surface area contributed by atoms with E-state index >= 15 is 0 Å². The lowest BCUT2D eigenvalue weighted by Crippen LogP contribution is -2.32. The highest BCUT2D eigenvalue weighted by molar-refractivity contribution is 5.73. The summed E-state index contributed by atoms with van der Waals surface area (Å²) in [7, 11) is 2.07. The third-order valence-electron chi connectivity index (χ3n) is 4.64. The number of benzene rings is 2. The number of aryl methyl sites for hydroxylation is 3. The predicted molar refractivity (Wildman–Crippen MR) is 102 cm³/mol. The van der Waals surface area contributed by atoms with Gasteiger partial charge in [0.2, 0.25) is 5.69 Å². The van der Waals surface area contributed by atoms with Gasteiger partial charge in [-0.2, -0.15) is 0 Å². The quantitative estimate of drug-likeness (QED) is 0.555. The van der Waals surface area contributed by atoms with Crippen LogP contribution in [0.15, 0.2) is 60.8 Å². The van der Waals surface area contributed by atoms with Crippen LogP contribution >= 0.6 is 0 Å². The van der Waals surface area contributed by atoms with E-state index in [1.165, 1.54) is 27.9 Å². The predicted octanol–water partition coefficient (Wildman–Crippen LogP) is 5.59. The molecule has 1 heteroatoms. The van der Waals surface area contributed by atoms with Gasteiger partial charge in [0.05, 0.1) is 0 Å². The molecule has 0 saturated carbocycles. The maximum atomic E-state index is 8.36. The SMILES string of the molecule is [2H]C(C)(C)c1c[n+](C)c(-c2cc(-c3ccccc3)ccc2C)cc1C. The van der Waals surface area contributed by atoms with Gasteiger partial charge >= 0.3 is 0 Å². The molecule has 0 bridgehead atoms. The van der Waals surface area contributed by atoms with Crippen molar-refractivity contribution in [1.82, 2.24) is 0 Å². The molecule has 1 nitrogen and oxygen atoms in total. The summed E-state index contributed by atoms with van der Waals surface area (Å²) in [5.74, 6) is -0.596. The van der Waals surface area contributed by atoms with Crippen LogP contribution in [0.25, 0.3) is 22.4 Å². The zero-order valence-electron chi connectivity index (χ0n) is 16.2. The van der Waals surface area contributed by atoms with E-state index in [1.54, 1.807) is 0 Å². The fourth-order valence-electron chi connectivity index (χ4n) is 3.25. The molecule has 0 unspecified atom stereocenters. The summed E-state index contributed by atoms with van der Waals surface area (Å²) >= 11 is 0. The monoisotopic (exact) mass is 317 g/mol. The van der Waals surface area contributed by atoms with Gasteiger partial charge in [0.25, 0.3) is 0 Å². The molecule has 24 heavy (non-hydrogen) atoms. The molecule has 0 saturated heterocycles. The van der Waals surface area contributed by atoms with Gasteiger partial charge in [-0.25, -0.2) is 4.57 Å². The topological polar surface area (TPSA) is 3.88 Å². The van der Waals surface area contributed by atoms with E-state index in [0.717, 1.165) is 11.1 Å². The van der Waals surface area contributed by atoms with Crippen molar-refractivity contribution in [3.05, 3.63) is 77.5 Å². The molecule has 3 aromatic rings. The molecule has 0 N–H and O–H groups in total. The number of nitrogens with zero attached hydrogens (tertiary/aromatic N) is 1. The van der Waals surface area contributed by atoms with Crippen LogP contribution in [0.2, 0.25) is 0 Å². The number of hydrogen-bond donors (Lipinski definition) is 0. The lowest BCUT2D eigenvalue weighted by Gasteiger charge is -2.12. The Balaban J connectivity index is 2.15. The molecule has 1 aromatic heterocycles. The summed E-state index contributed by atoms with van der Waals surface area (Å²) in [6, 6.07) is 19.3. The average molecular weight is 317 g/mol. The molecule has 0 atom stereocenters. The van der Waals surface area contributed by atoms with Crippen molar-refractivity contribution in [3.8, 4) is 22.4 Å². The average Bonchev–Trinajstić information content (AvgIpc) is 2.57. The Morgan fingerprint density at radius 1 is 0.875 bits per heavy atom. The standard InChI is InChI=1S/C23H26N/c1-16(2)22-15-24(5)23(13-18(22)4)21-14-20(12-11-17(21)3)19-9-7-6-8-10-19/h6-16H,1-5H3/q+1/i16D. The number of aromatic nitrogens is 1. The molecule has 0 amide bonds. The van der Waals surface area contributed by atoms with Crippen molar-refractivity contribution < 1.29 is 5.94 Å². The summed E-state index contributed by atoms with van der Waals surface area (Å²) in [6.45, 7) is 8.14. The summed E-state index contributed by atoms with van der Waals surface area (Å²) in [6.07, 6.45) is 2.10. The molecule has 1 heterocycles. The number of pyridine rings is 1. The van der Waals surface area contributed by atoms with E-state index in [1.807, 2.05) is 19.9 Å². The van der Waals surface area contributed by atoms with Gasteiger partial charge in [-0.1, -0.05) is 56.3 Å². The Morgan fingerprint density at radius 2 is 1.58 bits per heavy atom. The second kappa shape index (κ2) is 6.60. The Morgan fingerprint density at radius 3 is 2.25 bits per heavy atom. The van der Waals surface area contributed by atoms with Crippen LogP contribution in [-0.2, 0) is 7.05 Å². The Hall–Kier alpha value is -2.41. The largest absolute Gasteiger partial charge is 0.212 e. The molecule has 0 aliphatic rings. The van der Waals surface area contributed by atoms with E-state index in [2.05, 4.69) is 80.2 Å². The first kappa shape index (κ1) is 15.1. The first-order valence-electron chi connectivity index (χ1n) is 8.94. The van der Waals surface area contributed by atoms with Crippen molar-refractivity contribution in [2.24, 2.45) is 7.05 Å². The van der Waals surface area contributed by atoms with E-state index in [-0.39, 0.29) is 0 Å². The van der Waals surface area contributed by atoms with Crippen LogP contribution in [0.3, 0.4) is 0 Å². The fourth-order valence-corrected chi connectivity index (χ4v) is 3.25. The molecule has 2 aromatic carbocycles. The molecule has 0 aliphatic heterocycles. The zero-order valence-corrected chi connectivity index (χ0v) is 15.2. The lowest BCUT2D eigenvalue weighted by molar-refractivity contribution is -0.660. The van der Waals surface area contributed by atoms with E-state index in [0.29, 0.717) is 0 Å². The van der Waals surface area contributed by atoms with Crippen molar-refractivity contribution in [3.63, 3.8) is 0 Å². The third-order valence-corrected chi connectivity index (χ3v) is 4.64. The van der Waals surface area contributed by atoms with Crippen LogP contribution in [0, 0.1) is 13.8 Å². The van der Waals surface area contributed by atoms with Crippen LogP contribution < -0.4 is 4.57 Å². The summed E-state index contributed by atoms with van der Waals surface area (Å²) in [5, 5.41) is 0. The lowest BCUT2D eigenvalue weighted by atomic mass is 9.94. The molecule has 122 valence electrons. The first-order chi connectivity index (χ1) is 11.8. The Bertz CT molecular complexity index is 905. The van der Waals surface area contributed by atoms with Crippen LogP contribution in [0.4, 0.5) is 0 Å². The first-order valence-corrected chi connectivity index (χ1v) is 8.44. The maximum absolute atomic E-state index is 8.36. The zero-order chi connectivity index (χ0) is 18.2. The molecule has 0 spiro atoms. The molecule has 3 rings (SSSR count). The van der Waals surface area contributed by atoms with Crippen LogP contribution in [0.5, 0.6) is 0 Å². The number of rotatable bonds is 3. The van der Waals surface area contributed by atoms with Gasteiger partial charge in [0, 0.05) is 18.6 Å². The van der Waals surface area contributed by atoms with E-state index in [9.17, 15) is 0 Å². The maximum Gasteiger partial charge on any atom is 0.212 e. The van der Waals surface area contributed by atoms with Gasteiger partial charge in [-0.15, -0.1) is 0 Å². The fraction of sp³-hybridized carbons (Fsp3) is 0.261. The molecule has 0 aliphatic carbocycles. The third kappa shape index (κ3) is 3.12. The van der Waals surface area contributed by atoms with Crippen molar-refractivity contribution in [1.29, 1.82) is 0 Å². The molecular formula is C23H26N+. The minimum atomic E-state index is -0.596. The Labute approximate surface area is 147 Å². The minimum absolute atomic E-state index is 0.596. The summed E-state index contributed by atoms with van der Waals surface area (Å²) in [4.78, 5) is 0. The summed E-state index contributed by atoms with van der Waals surface area (Å²) < 4.78 is 10.5. The van der Waals surface area contributed by atoms with Gasteiger partial charge in [0.15, 0.2) is 6.20 Å². The van der Waals surface area contributed by atoms with E-state index in [4.69, 9.17) is 1.37 Å². The van der Waals surface area contributed by atoms with E-state index < -0.39 is 5.89 Å². The molecule has 0 radical (unpaired) electrons. The highest BCUT2D eigenvalue weighted by Crippen LogP contribution is 2.29. The molecule has 0 fully saturated rings. The van der Waals surface area contributed by atoms with Crippen LogP contribution in [-0.4, -0.2) is 0 Å². The highest BCUT2D eigenvalue weighted by atomic mass is 14.9. The van der Waals surface area contributed by atoms with Crippen molar-refractivity contribution in [2.45, 2.75) is 33.6 Å². The van der Waals surface area contributed by atoms with Gasteiger partial charge in [0.1, 0.15) is 7.05 Å². The Kier molecular flexibility index (Phi) is 4.17. The second-order valence-corrected chi connectivity index (χ2v) is 6.76. The minimum Gasteiger partial charge on any atom is -0.201 e. The van der Waals surface area contributed by atoms with Gasteiger partial charge in [-0.3, -0.25) is 0 Å². The highest BCUT2D eigenvalue weighted by Gasteiger charge is 2.17. The molecular weight excluding hydrogens is 290 g/mol. The van der Waals surface area contributed by atoms with Gasteiger partial charge < -0.3 is 0 Å². The van der Waals surface area contributed by atoms with Crippen molar-refractivity contribution >= 4 is 0 Å². The van der Waals surface area contributed by atoms with Crippen LogP contribution in [0.1, 0.15) is 37.8 Å². The van der Waals surface area contributed by atoms with Crippen molar-refractivity contribution in [2.75, 3.05) is 0 Å². The normalized spacial score (nSPS) is 12.1. The summed E-state index contributed by atoms with van der Waals surface area (Å²) in [5.41, 5.74) is 8.36. The second-order valence-electron chi connectivity index (χ2n) is 6.76.